The Morgan fingerprint density at radius 1 is 1.16 bits per heavy atom. The monoisotopic (exact) mass is 465 g/mol. The highest BCUT2D eigenvalue weighted by Gasteiger charge is 2.38. The summed E-state index contributed by atoms with van der Waals surface area (Å²) in [6.45, 7) is 0. The Balaban J connectivity index is 1.56. The lowest BCUT2D eigenvalue weighted by molar-refractivity contribution is -0.149. The molecule has 1 fully saturated rings. The summed E-state index contributed by atoms with van der Waals surface area (Å²) in [7, 11) is 2.78. The second kappa shape index (κ2) is 8.38. The van der Waals surface area contributed by atoms with E-state index in [9.17, 15) is 22.8 Å². The number of aromatic nitrogens is 2. The number of esters is 1. The fraction of sp³-hybridized carbons (Fsp3) is 0.333. The normalized spacial score (nSPS) is 18.2. The number of nitrogens with zero attached hydrogens (tertiary/aromatic N) is 2. The Bertz CT molecular complexity index is 1190. The van der Waals surface area contributed by atoms with Gasteiger partial charge in [0.05, 0.1) is 41.0 Å². The van der Waals surface area contributed by atoms with E-state index in [4.69, 9.17) is 9.47 Å². The summed E-state index contributed by atoms with van der Waals surface area (Å²) in [6, 6.07) is 6.45. The van der Waals surface area contributed by atoms with E-state index in [2.05, 4.69) is 15.3 Å². The zero-order valence-corrected chi connectivity index (χ0v) is 17.8. The molecule has 7 nitrogen and oxygen atoms in total. The molecule has 11 heteroatoms. The zero-order chi connectivity index (χ0) is 23.0. The molecule has 0 spiro atoms. The van der Waals surface area contributed by atoms with Crippen LogP contribution in [-0.2, 0) is 15.7 Å². The van der Waals surface area contributed by atoms with Gasteiger partial charge < -0.3 is 14.8 Å². The van der Waals surface area contributed by atoms with Crippen LogP contribution in [0, 0.1) is 5.92 Å². The molecule has 168 valence electrons. The molecule has 32 heavy (non-hydrogen) atoms. The topological polar surface area (TPSA) is 90.4 Å². The lowest BCUT2D eigenvalue weighted by atomic mass is 9.75. The molecule has 1 aliphatic carbocycles. The molecule has 1 amide bonds. The van der Waals surface area contributed by atoms with E-state index >= 15 is 0 Å². The fourth-order valence-electron chi connectivity index (χ4n) is 3.50. The summed E-state index contributed by atoms with van der Waals surface area (Å²) in [5.41, 5.74) is -0.556. The summed E-state index contributed by atoms with van der Waals surface area (Å²) in [5, 5.41) is 3.43. The van der Waals surface area contributed by atoms with Gasteiger partial charge in [0.25, 0.3) is 5.91 Å². The van der Waals surface area contributed by atoms with Crippen molar-refractivity contribution < 1.29 is 32.2 Å². The van der Waals surface area contributed by atoms with Crippen LogP contribution in [-0.4, -0.2) is 36.1 Å². The molecule has 0 aliphatic heterocycles. The third kappa shape index (κ3) is 4.24. The van der Waals surface area contributed by atoms with E-state index in [-0.39, 0.29) is 23.5 Å². The Morgan fingerprint density at radius 3 is 2.56 bits per heavy atom. The SMILES string of the molecule is COc1cc2nc([C@H]3C[C@H](C(=O)OC)C3)sc2cc1NC(=O)c1cccc(C(F)(F)F)n1. The Kier molecular flexibility index (Phi) is 5.76. The number of hydrogen-bond donors (Lipinski definition) is 1. The minimum Gasteiger partial charge on any atom is -0.494 e. The van der Waals surface area contributed by atoms with Crippen molar-refractivity contribution in [3.8, 4) is 5.75 Å². The van der Waals surface area contributed by atoms with Crippen LogP contribution in [0.25, 0.3) is 10.2 Å². The molecule has 0 saturated heterocycles. The number of alkyl halides is 3. The number of thiazole rings is 1. The van der Waals surface area contributed by atoms with Crippen LogP contribution in [0.15, 0.2) is 30.3 Å². The van der Waals surface area contributed by atoms with E-state index in [1.165, 1.54) is 31.6 Å². The number of nitrogens with one attached hydrogen (secondary N) is 1. The molecule has 1 saturated carbocycles. The van der Waals surface area contributed by atoms with Gasteiger partial charge >= 0.3 is 12.1 Å². The van der Waals surface area contributed by atoms with Gasteiger partial charge in [-0.2, -0.15) is 13.2 Å². The third-order valence-corrected chi connectivity index (χ3v) is 6.45. The molecule has 0 unspecified atom stereocenters. The number of hydrogen-bond acceptors (Lipinski definition) is 7. The minimum atomic E-state index is -4.65. The number of methoxy groups -OCH3 is 2. The molecule has 0 atom stereocenters. The summed E-state index contributed by atoms with van der Waals surface area (Å²) in [5.74, 6) is -0.678. The molecule has 1 aromatic carbocycles. The van der Waals surface area contributed by atoms with Crippen LogP contribution >= 0.6 is 11.3 Å². The van der Waals surface area contributed by atoms with Gasteiger partial charge in [-0.05, 0) is 31.0 Å². The van der Waals surface area contributed by atoms with Crippen molar-refractivity contribution in [3.05, 3.63) is 46.7 Å². The molecule has 1 aliphatic rings. The van der Waals surface area contributed by atoms with E-state index in [1.807, 2.05) is 0 Å². The number of carbonyl (C=O) groups is 2. The van der Waals surface area contributed by atoms with E-state index in [1.54, 1.807) is 12.1 Å². The highest BCUT2D eigenvalue weighted by atomic mass is 32.1. The number of ether oxygens (including phenoxy) is 2. The molecule has 2 aromatic heterocycles. The van der Waals surface area contributed by atoms with Crippen molar-refractivity contribution in [3.63, 3.8) is 0 Å². The van der Waals surface area contributed by atoms with Gasteiger partial charge in [-0.1, -0.05) is 6.07 Å². The summed E-state index contributed by atoms with van der Waals surface area (Å²) >= 11 is 1.43. The van der Waals surface area contributed by atoms with Crippen LogP contribution in [0.3, 0.4) is 0 Å². The second-order valence-corrected chi connectivity index (χ2v) is 8.38. The molecule has 3 aromatic rings. The first-order valence-electron chi connectivity index (χ1n) is 9.61. The molecule has 0 radical (unpaired) electrons. The number of pyridine rings is 1. The van der Waals surface area contributed by atoms with Gasteiger partial charge in [-0.15, -0.1) is 11.3 Å². The summed E-state index contributed by atoms with van der Waals surface area (Å²) in [6.07, 6.45) is -3.33. The van der Waals surface area contributed by atoms with Gasteiger partial charge in [0.2, 0.25) is 0 Å². The highest BCUT2D eigenvalue weighted by molar-refractivity contribution is 7.18. The fourth-order valence-corrected chi connectivity index (χ4v) is 4.61. The third-order valence-electron chi connectivity index (χ3n) is 5.27. The Labute approximate surface area is 184 Å². The number of anilines is 1. The molecular formula is C21H18F3N3O4S. The van der Waals surface area contributed by atoms with Crippen molar-refractivity contribution in [1.29, 1.82) is 0 Å². The standard InChI is InChI=1S/C21H18F3N3O4S/c1-30-15-8-14-16(32-19(27-14)10-6-11(7-10)20(29)31-2)9-13(15)26-18(28)12-4-3-5-17(25-12)21(22,23)24/h3-5,8-11H,6-7H2,1-2H3,(H,26,28)/t10-,11-. The molecule has 4 rings (SSSR count). The maximum absolute atomic E-state index is 12.9. The van der Waals surface area contributed by atoms with Gasteiger partial charge in [-0.3, -0.25) is 9.59 Å². The number of carbonyl (C=O) groups excluding carboxylic acids is 2. The Morgan fingerprint density at radius 2 is 1.91 bits per heavy atom. The summed E-state index contributed by atoms with van der Waals surface area (Å²) in [4.78, 5) is 32.2. The Hall–Kier alpha value is -3.21. The second-order valence-electron chi connectivity index (χ2n) is 7.32. The maximum Gasteiger partial charge on any atom is 0.433 e. The summed E-state index contributed by atoms with van der Waals surface area (Å²) < 4.78 is 49.6. The van der Waals surface area contributed by atoms with Gasteiger partial charge in [-0.25, -0.2) is 9.97 Å². The lowest BCUT2D eigenvalue weighted by Gasteiger charge is -2.31. The zero-order valence-electron chi connectivity index (χ0n) is 17.0. The number of halogens is 3. The van der Waals surface area contributed by atoms with Crippen molar-refractivity contribution in [2.24, 2.45) is 5.92 Å². The van der Waals surface area contributed by atoms with E-state index in [0.29, 0.717) is 29.8 Å². The van der Waals surface area contributed by atoms with Crippen molar-refractivity contribution in [2.75, 3.05) is 19.5 Å². The number of benzene rings is 1. The van der Waals surface area contributed by atoms with Crippen LogP contribution in [0.2, 0.25) is 0 Å². The van der Waals surface area contributed by atoms with Crippen LogP contribution in [0.1, 0.15) is 39.9 Å². The first-order chi connectivity index (χ1) is 15.2. The predicted octanol–water partition coefficient (Wildman–Crippen LogP) is 4.64. The lowest BCUT2D eigenvalue weighted by Crippen LogP contribution is -2.29. The quantitative estimate of drug-likeness (QED) is 0.553. The van der Waals surface area contributed by atoms with Crippen LogP contribution in [0.4, 0.5) is 18.9 Å². The first kappa shape index (κ1) is 22.0. The largest absolute Gasteiger partial charge is 0.494 e. The van der Waals surface area contributed by atoms with Crippen LogP contribution in [0.5, 0.6) is 5.75 Å². The predicted molar refractivity (Wildman–Crippen MR) is 111 cm³/mol. The first-order valence-corrected chi connectivity index (χ1v) is 10.4. The molecule has 2 heterocycles. The van der Waals surface area contributed by atoms with Crippen LogP contribution < -0.4 is 10.1 Å². The molecule has 0 bridgehead atoms. The minimum absolute atomic E-state index is 0.124. The maximum atomic E-state index is 12.9. The van der Waals surface area contributed by atoms with Gasteiger partial charge in [0.15, 0.2) is 0 Å². The van der Waals surface area contributed by atoms with Gasteiger partial charge in [0.1, 0.15) is 17.1 Å². The molecular weight excluding hydrogens is 447 g/mol. The number of amides is 1. The number of rotatable bonds is 5. The van der Waals surface area contributed by atoms with Crippen molar-refractivity contribution in [2.45, 2.75) is 24.9 Å². The van der Waals surface area contributed by atoms with Crippen molar-refractivity contribution >= 4 is 39.1 Å². The van der Waals surface area contributed by atoms with E-state index < -0.39 is 17.8 Å². The number of fused-ring (bicyclic) bond motifs is 1. The molecule has 1 N–H and O–H groups in total. The van der Waals surface area contributed by atoms with Gasteiger partial charge in [0, 0.05) is 12.0 Å². The van der Waals surface area contributed by atoms with E-state index in [0.717, 1.165) is 21.8 Å². The smallest absolute Gasteiger partial charge is 0.433 e. The van der Waals surface area contributed by atoms with Crippen molar-refractivity contribution in [1.82, 2.24) is 9.97 Å². The highest BCUT2D eigenvalue weighted by Crippen LogP contribution is 2.45. The average molecular weight is 465 g/mol. The average Bonchev–Trinajstić information content (AvgIpc) is 3.13.